The Balaban J connectivity index is 1.47. The van der Waals surface area contributed by atoms with Gasteiger partial charge in [0.25, 0.3) is 11.8 Å². The Morgan fingerprint density at radius 2 is 1.78 bits per heavy atom. The first-order valence-corrected chi connectivity index (χ1v) is 9.69. The molecule has 27 heavy (non-hydrogen) atoms. The number of carbonyl (C=O) groups is 2. The van der Waals surface area contributed by atoms with E-state index in [1.54, 1.807) is 12.3 Å². The van der Waals surface area contributed by atoms with Gasteiger partial charge in [0.15, 0.2) is 0 Å². The lowest BCUT2D eigenvalue weighted by Crippen LogP contribution is -2.30. The zero-order valence-corrected chi connectivity index (χ0v) is 15.4. The smallest absolute Gasteiger partial charge is 0.270 e. The van der Waals surface area contributed by atoms with Gasteiger partial charge in [-0.25, -0.2) is 0 Å². The first-order chi connectivity index (χ1) is 13.2. The van der Waals surface area contributed by atoms with E-state index in [1.807, 2.05) is 28.0 Å². The minimum Gasteiger partial charge on any atom is -0.356 e. The number of amides is 2. The molecule has 3 heterocycles. The zero-order chi connectivity index (χ0) is 18.8. The summed E-state index contributed by atoms with van der Waals surface area (Å²) in [7, 11) is 0. The molecule has 4 rings (SSSR count). The fourth-order valence-electron chi connectivity index (χ4n) is 4.27. The van der Waals surface area contributed by atoms with E-state index in [0.717, 1.165) is 25.9 Å². The SMILES string of the molecule is NC[C@@H]1CN(C(=O)c2c[nH]c(C(=O)N3CCCC3)c2)C[C@H]1c1ccccc1. The average molecular weight is 366 g/mol. The summed E-state index contributed by atoms with van der Waals surface area (Å²) in [6, 6.07) is 11.9. The number of aromatic amines is 1. The van der Waals surface area contributed by atoms with Crippen LogP contribution in [-0.2, 0) is 0 Å². The van der Waals surface area contributed by atoms with Crippen LogP contribution in [0, 0.1) is 5.92 Å². The van der Waals surface area contributed by atoms with Crippen LogP contribution in [0.2, 0.25) is 0 Å². The molecule has 2 atom stereocenters. The third-order valence-corrected chi connectivity index (χ3v) is 5.81. The van der Waals surface area contributed by atoms with Crippen molar-refractivity contribution in [1.82, 2.24) is 14.8 Å². The number of nitrogens with one attached hydrogen (secondary N) is 1. The Kier molecular flexibility index (Phi) is 4.99. The third kappa shape index (κ3) is 3.49. The lowest BCUT2D eigenvalue weighted by molar-refractivity contribution is 0.0784. The van der Waals surface area contributed by atoms with E-state index in [4.69, 9.17) is 5.73 Å². The van der Waals surface area contributed by atoms with Crippen molar-refractivity contribution in [3.63, 3.8) is 0 Å². The van der Waals surface area contributed by atoms with Crippen molar-refractivity contribution < 1.29 is 9.59 Å². The number of likely N-dealkylation sites (tertiary alicyclic amines) is 2. The number of carbonyl (C=O) groups excluding carboxylic acids is 2. The van der Waals surface area contributed by atoms with Gasteiger partial charge in [-0.15, -0.1) is 0 Å². The summed E-state index contributed by atoms with van der Waals surface area (Å²) in [6.45, 7) is 3.45. The number of rotatable bonds is 4. The van der Waals surface area contributed by atoms with E-state index in [0.29, 0.717) is 30.9 Å². The second-order valence-corrected chi connectivity index (χ2v) is 7.52. The number of aromatic nitrogens is 1. The monoisotopic (exact) mass is 366 g/mol. The van der Waals surface area contributed by atoms with Crippen LogP contribution in [0.25, 0.3) is 0 Å². The molecule has 0 unspecified atom stereocenters. The van der Waals surface area contributed by atoms with Crippen LogP contribution >= 0.6 is 0 Å². The summed E-state index contributed by atoms with van der Waals surface area (Å²) >= 11 is 0. The van der Waals surface area contributed by atoms with E-state index in [1.165, 1.54) is 5.56 Å². The molecule has 2 aromatic rings. The van der Waals surface area contributed by atoms with Crippen LogP contribution in [0.15, 0.2) is 42.6 Å². The lowest BCUT2D eigenvalue weighted by atomic mass is 9.89. The standard InChI is InChI=1S/C21H26N4O2/c22-11-17-13-25(14-18(17)15-6-2-1-3-7-15)20(26)16-10-19(23-12-16)21(27)24-8-4-5-9-24/h1-3,6-7,10,12,17-18,23H,4-5,8-9,11,13-14,22H2/t17-,18+/m1/s1. The Bertz CT molecular complexity index is 811. The lowest BCUT2D eigenvalue weighted by Gasteiger charge is -2.16. The van der Waals surface area contributed by atoms with Gasteiger partial charge in [-0.2, -0.15) is 0 Å². The van der Waals surface area contributed by atoms with Crippen LogP contribution in [0.4, 0.5) is 0 Å². The van der Waals surface area contributed by atoms with Crippen LogP contribution in [0.3, 0.4) is 0 Å². The molecule has 142 valence electrons. The molecular formula is C21H26N4O2. The van der Waals surface area contributed by atoms with Crippen molar-refractivity contribution in [2.24, 2.45) is 11.7 Å². The highest BCUT2D eigenvalue weighted by Crippen LogP contribution is 2.32. The van der Waals surface area contributed by atoms with Crippen molar-refractivity contribution in [2.45, 2.75) is 18.8 Å². The molecule has 2 fully saturated rings. The molecular weight excluding hydrogens is 340 g/mol. The molecule has 2 aliphatic rings. The van der Waals surface area contributed by atoms with Gasteiger partial charge in [0.2, 0.25) is 0 Å². The molecule has 2 aliphatic heterocycles. The first kappa shape index (κ1) is 17.8. The number of H-pyrrole nitrogens is 1. The maximum Gasteiger partial charge on any atom is 0.270 e. The van der Waals surface area contributed by atoms with E-state index < -0.39 is 0 Å². The van der Waals surface area contributed by atoms with E-state index in [-0.39, 0.29) is 23.7 Å². The van der Waals surface area contributed by atoms with E-state index in [9.17, 15) is 9.59 Å². The number of hydrogen-bond acceptors (Lipinski definition) is 3. The molecule has 1 aromatic heterocycles. The molecule has 0 spiro atoms. The number of hydrogen-bond donors (Lipinski definition) is 2. The minimum absolute atomic E-state index is 0.0185. The normalized spacial score (nSPS) is 22.4. The summed E-state index contributed by atoms with van der Waals surface area (Å²) in [6.07, 6.45) is 3.75. The van der Waals surface area contributed by atoms with Crippen molar-refractivity contribution in [3.05, 3.63) is 59.4 Å². The van der Waals surface area contributed by atoms with Gasteiger partial charge in [0.05, 0.1) is 5.56 Å². The van der Waals surface area contributed by atoms with Gasteiger partial charge in [0, 0.05) is 38.3 Å². The summed E-state index contributed by atoms with van der Waals surface area (Å²) in [4.78, 5) is 32.2. The van der Waals surface area contributed by atoms with Gasteiger partial charge in [-0.1, -0.05) is 30.3 Å². The molecule has 6 nitrogen and oxygen atoms in total. The molecule has 1 aromatic carbocycles. The second kappa shape index (κ2) is 7.56. The first-order valence-electron chi connectivity index (χ1n) is 9.69. The second-order valence-electron chi connectivity index (χ2n) is 7.52. The predicted molar refractivity (Wildman–Crippen MR) is 104 cm³/mol. The molecule has 2 saturated heterocycles. The van der Waals surface area contributed by atoms with Crippen LogP contribution in [0.1, 0.15) is 45.2 Å². The topological polar surface area (TPSA) is 82.4 Å². The number of benzene rings is 1. The number of nitrogens with two attached hydrogens (primary N) is 1. The Morgan fingerprint density at radius 1 is 1.04 bits per heavy atom. The molecule has 0 saturated carbocycles. The van der Waals surface area contributed by atoms with Gasteiger partial charge in [-0.05, 0) is 36.9 Å². The van der Waals surface area contributed by atoms with E-state index in [2.05, 4.69) is 17.1 Å². The largest absolute Gasteiger partial charge is 0.356 e. The molecule has 0 aliphatic carbocycles. The molecule has 6 heteroatoms. The maximum absolute atomic E-state index is 13.0. The molecule has 0 radical (unpaired) electrons. The maximum atomic E-state index is 13.0. The van der Waals surface area contributed by atoms with Gasteiger partial charge >= 0.3 is 0 Å². The summed E-state index contributed by atoms with van der Waals surface area (Å²) in [5.74, 6) is 0.448. The van der Waals surface area contributed by atoms with Crippen molar-refractivity contribution in [2.75, 3.05) is 32.7 Å². The van der Waals surface area contributed by atoms with Gasteiger partial charge < -0.3 is 20.5 Å². The van der Waals surface area contributed by atoms with Gasteiger partial charge in [0.1, 0.15) is 5.69 Å². The summed E-state index contributed by atoms with van der Waals surface area (Å²) in [5.41, 5.74) is 8.24. The van der Waals surface area contributed by atoms with Crippen molar-refractivity contribution in [3.8, 4) is 0 Å². The Labute approximate surface area is 159 Å². The molecule has 2 amide bonds. The third-order valence-electron chi connectivity index (χ3n) is 5.81. The van der Waals surface area contributed by atoms with Crippen molar-refractivity contribution >= 4 is 11.8 Å². The van der Waals surface area contributed by atoms with Crippen LogP contribution in [-0.4, -0.2) is 59.3 Å². The Morgan fingerprint density at radius 3 is 2.48 bits per heavy atom. The van der Waals surface area contributed by atoms with Gasteiger partial charge in [-0.3, -0.25) is 9.59 Å². The highest BCUT2D eigenvalue weighted by Gasteiger charge is 2.36. The van der Waals surface area contributed by atoms with E-state index >= 15 is 0 Å². The summed E-state index contributed by atoms with van der Waals surface area (Å²) < 4.78 is 0. The fourth-order valence-corrected chi connectivity index (χ4v) is 4.27. The summed E-state index contributed by atoms with van der Waals surface area (Å²) in [5, 5.41) is 0. The molecule has 0 bridgehead atoms. The van der Waals surface area contributed by atoms with Crippen LogP contribution < -0.4 is 5.73 Å². The average Bonchev–Trinajstić information content (AvgIpc) is 3.48. The number of nitrogens with zero attached hydrogens (tertiary/aromatic N) is 2. The van der Waals surface area contributed by atoms with Crippen LogP contribution in [0.5, 0.6) is 0 Å². The highest BCUT2D eigenvalue weighted by molar-refractivity contribution is 5.99. The predicted octanol–water partition coefficient (Wildman–Crippen LogP) is 2.07. The van der Waals surface area contributed by atoms with Crippen molar-refractivity contribution in [1.29, 1.82) is 0 Å². The zero-order valence-electron chi connectivity index (χ0n) is 15.4. The molecule has 3 N–H and O–H groups in total. The fraction of sp³-hybridized carbons (Fsp3) is 0.429. The quantitative estimate of drug-likeness (QED) is 0.869. The minimum atomic E-state index is -0.0383. The Hall–Kier alpha value is -2.60. The highest BCUT2D eigenvalue weighted by atomic mass is 16.2.